The molecule has 1 saturated heterocycles. The van der Waals surface area contributed by atoms with Crippen molar-refractivity contribution in [2.24, 2.45) is 0 Å². The number of amides is 2. The van der Waals surface area contributed by atoms with E-state index >= 15 is 0 Å². The van der Waals surface area contributed by atoms with Crippen LogP contribution in [0.3, 0.4) is 0 Å². The highest BCUT2D eigenvalue weighted by molar-refractivity contribution is 6.23. The minimum Gasteiger partial charge on any atom is -0.550 e. The highest BCUT2D eigenvalue weighted by atomic mass is 16.5. The van der Waals surface area contributed by atoms with Crippen LogP contribution in [0.15, 0.2) is 48.5 Å². The third-order valence-electron chi connectivity index (χ3n) is 4.12. The first-order chi connectivity index (χ1) is 12.5. The van der Waals surface area contributed by atoms with Crippen LogP contribution in [0.4, 0.5) is 11.4 Å². The van der Waals surface area contributed by atoms with Crippen LogP contribution < -0.4 is 20.1 Å². The van der Waals surface area contributed by atoms with Gasteiger partial charge in [0.1, 0.15) is 11.8 Å². The average Bonchev–Trinajstić information content (AvgIpc) is 2.90. The molecule has 0 aliphatic carbocycles. The maximum atomic E-state index is 12.6. The summed E-state index contributed by atoms with van der Waals surface area (Å²) in [6, 6.07) is 12.6. The Bertz CT molecular complexity index is 830. The second kappa shape index (κ2) is 7.26. The molecule has 1 N–H and O–H groups in total. The summed E-state index contributed by atoms with van der Waals surface area (Å²) < 4.78 is 5.08. The summed E-state index contributed by atoms with van der Waals surface area (Å²) in [6.07, 6.45) is -0.127. The number of carbonyl (C=O) groups excluding carboxylic acids is 3. The van der Waals surface area contributed by atoms with Crippen molar-refractivity contribution in [3.63, 3.8) is 0 Å². The molecule has 1 aliphatic heterocycles. The second-order valence-corrected chi connectivity index (χ2v) is 5.91. The highest BCUT2D eigenvalue weighted by Gasteiger charge is 2.39. The number of aliphatic carboxylic acids is 1. The summed E-state index contributed by atoms with van der Waals surface area (Å²) in [5.74, 6) is -1.14. The number of carboxylic acids is 1. The molecule has 0 bridgehead atoms. The van der Waals surface area contributed by atoms with Crippen molar-refractivity contribution >= 4 is 29.2 Å². The van der Waals surface area contributed by atoms with Gasteiger partial charge in [0.25, 0.3) is 5.91 Å². The molecular weight excluding hydrogens is 336 g/mol. The predicted octanol–water partition coefficient (Wildman–Crippen LogP) is 0.732. The van der Waals surface area contributed by atoms with Gasteiger partial charge in [-0.3, -0.25) is 9.59 Å². The van der Waals surface area contributed by atoms with Gasteiger partial charge in [-0.25, -0.2) is 4.90 Å². The van der Waals surface area contributed by atoms with E-state index in [1.165, 1.54) is 0 Å². The summed E-state index contributed by atoms with van der Waals surface area (Å²) in [4.78, 5) is 36.6. The molecule has 2 amide bonds. The van der Waals surface area contributed by atoms with Crippen LogP contribution in [-0.4, -0.2) is 30.9 Å². The molecule has 0 spiro atoms. The molecule has 0 radical (unpaired) electrons. The van der Waals surface area contributed by atoms with Crippen LogP contribution in [0.25, 0.3) is 0 Å². The number of ether oxygens (including phenoxy) is 1. The van der Waals surface area contributed by atoms with E-state index in [-0.39, 0.29) is 24.7 Å². The third kappa shape index (κ3) is 3.66. The molecule has 2 aromatic rings. The molecular formula is C19H17N2O5-. The Kier molecular flexibility index (Phi) is 4.88. The number of hydrogen-bond donors (Lipinski definition) is 1. The summed E-state index contributed by atoms with van der Waals surface area (Å²) in [5, 5.41) is 13.6. The molecule has 1 aliphatic rings. The zero-order valence-corrected chi connectivity index (χ0v) is 14.1. The molecule has 7 heteroatoms. The second-order valence-electron chi connectivity index (χ2n) is 5.91. The smallest absolute Gasteiger partial charge is 0.256 e. The number of anilines is 2. The minimum atomic E-state index is -1.16. The summed E-state index contributed by atoms with van der Waals surface area (Å²) in [5.41, 5.74) is 1.73. The first kappa shape index (κ1) is 17.5. The normalized spacial score (nSPS) is 16.7. The van der Waals surface area contributed by atoms with E-state index in [9.17, 15) is 19.5 Å². The van der Waals surface area contributed by atoms with Gasteiger partial charge in [0.05, 0.1) is 19.2 Å². The van der Waals surface area contributed by atoms with Gasteiger partial charge in [-0.15, -0.1) is 0 Å². The fourth-order valence-electron chi connectivity index (χ4n) is 2.83. The standard InChI is InChI=1S/C19H18N2O5/c1-26-15-8-6-14(7-9-15)21-17(22)11-16(19(21)25)20-13-4-2-12(3-5-13)10-18(23)24/h2-9,16,20H,10-11H2,1H3,(H,23,24)/p-1/t16-/m1/s1. The van der Waals surface area contributed by atoms with E-state index in [0.29, 0.717) is 22.7 Å². The van der Waals surface area contributed by atoms with Gasteiger partial charge >= 0.3 is 0 Å². The van der Waals surface area contributed by atoms with E-state index in [1.807, 2.05) is 0 Å². The Hall–Kier alpha value is -3.35. The van der Waals surface area contributed by atoms with Crippen molar-refractivity contribution in [2.45, 2.75) is 18.9 Å². The van der Waals surface area contributed by atoms with Crippen molar-refractivity contribution in [2.75, 3.05) is 17.3 Å². The van der Waals surface area contributed by atoms with Gasteiger partial charge in [0.15, 0.2) is 0 Å². The molecule has 3 rings (SSSR count). The molecule has 134 valence electrons. The Balaban J connectivity index is 1.71. The van der Waals surface area contributed by atoms with Gasteiger partial charge in [0.2, 0.25) is 5.91 Å². The number of hydrogen-bond acceptors (Lipinski definition) is 6. The molecule has 2 aromatic carbocycles. The Morgan fingerprint density at radius 1 is 1.15 bits per heavy atom. The van der Waals surface area contributed by atoms with E-state index < -0.39 is 12.0 Å². The number of imide groups is 1. The summed E-state index contributed by atoms with van der Waals surface area (Å²) in [7, 11) is 1.54. The van der Waals surface area contributed by atoms with Gasteiger partial charge in [-0.2, -0.15) is 0 Å². The lowest BCUT2D eigenvalue weighted by Gasteiger charge is -2.16. The average molecular weight is 353 g/mol. The Morgan fingerprint density at radius 3 is 2.38 bits per heavy atom. The third-order valence-corrected chi connectivity index (χ3v) is 4.12. The zero-order chi connectivity index (χ0) is 18.7. The molecule has 0 aromatic heterocycles. The molecule has 0 saturated carbocycles. The number of nitrogens with zero attached hydrogens (tertiary/aromatic N) is 1. The highest BCUT2D eigenvalue weighted by Crippen LogP contribution is 2.26. The van der Waals surface area contributed by atoms with Gasteiger partial charge in [-0.1, -0.05) is 12.1 Å². The van der Waals surface area contributed by atoms with Crippen LogP contribution in [0.2, 0.25) is 0 Å². The van der Waals surface area contributed by atoms with Crippen molar-refractivity contribution in [1.29, 1.82) is 0 Å². The molecule has 7 nitrogen and oxygen atoms in total. The van der Waals surface area contributed by atoms with E-state index in [1.54, 1.807) is 55.6 Å². The van der Waals surface area contributed by atoms with Crippen LogP contribution in [0.5, 0.6) is 5.75 Å². The number of carbonyl (C=O) groups is 3. The monoisotopic (exact) mass is 353 g/mol. The van der Waals surface area contributed by atoms with E-state index in [4.69, 9.17) is 4.74 Å². The van der Waals surface area contributed by atoms with Gasteiger partial charge in [0, 0.05) is 18.1 Å². The lowest BCUT2D eigenvalue weighted by molar-refractivity contribution is -0.304. The maximum Gasteiger partial charge on any atom is 0.256 e. The quantitative estimate of drug-likeness (QED) is 0.769. The Morgan fingerprint density at radius 2 is 1.81 bits per heavy atom. The van der Waals surface area contributed by atoms with Crippen LogP contribution >= 0.6 is 0 Å². The minimum absolute atomic E-state index is 0.0473. The Labute approximate surface area is 150 Å². The largest absolute Gasteiger partial charge is 0.550 e. The fourth-order valence-corrected chi connectivity index (χ4v) is 2.83. The lowest BCUT2D eigenvalue weighted by atomic mass is 10.1. The van der Waals surface area contributed by atoms with Crippen LogP contribution in [0.1, 0.15) is 12.0 Å². The van der Waals surface area contributed by atoms with Crippen molar-refractivity contribution < 1.29 is 24.2 Å². The first-order valence-electron chi connectivity index (χ1n) is 8.04. The van der Waals surface area contributed by atoms with Crippen LogP contribution in [-0.2, 0) is 20.8 Å². The zero-order valence-electron chi connectivity index (χ0n) is 14.1. The van der Waals surface area contributed by atoms with E-state index in [2.05, 4.69) is 5.32 Å². The van der Waals surface area contributed by atoms with Crippen molar-refractivity contribution in [3.05, 3.63) is 54.1 Å². The molecule has 1 heterocycles. The fraction of sp³-hybridized carbons (Fsp3) is 0.211. The molecule has 1 atom stereocenters. The number of benzene rings is 2. The van der Waals surface area contributed by atoms with Crippen molar-refractivity contribution in [1.82, 2.24) is 0 Å². The molecule has 1 fully saturated rings. The van der Waals surface area contributed by atoms with Gasteiger partial charge < -0.3 is 20.0 Å². The predicted molar refractivity (Wildman–Crippen MR) is 92.7 cm³/mol. The summed E-state index contributed by atoms with van der Waals surface area (Å²) >= 11 is 0. The molecule has 0 unspecified atom stereocenters. The summed E-state index contributed by atoms with van der Waals surface area (Å²) in [6.45, 7) is 0. The van der Waals surface area contributed by atoms with Crippen LogP contribution in [0, 0.1) is 0 Å². The number of methoxy groups -OCH3 is 1. The first-order valence-corrected chi connectivity index (χ1v) is 8.04. The maximum absolute atomic E-state index is 12.6. The van der Waals surface area contributed by atoms with Gasteiger partial charge in [-0.05, 0) is 42.0 Å². The molecule has 26 heavy (non-hydrogen) atoms. The number of nitrogens with one attached hydrogen (secondary N) is 1. The number of rotatable bonds is 6. The lowest BCUT2D eigenvalue weighted by Crippen LogP contribution is -2.34. The SMILES string of the molecule is COc1ccc(N2C(=O)C[C@@H](Nc3ccc(CC(=O)[O-])cc3)C2=O)cc1. The topological polar surface area (TPSA) is 98.8 Å². The number of carboxylic acid groups (broad SMARTS) is 1. The van der Waals surface area contributed by atoms with Crippen molar-refractivity contribution in [3.8, 4) is 5.75 Å². The van der Waals surface area contributed by atoms with E-state index in [0.717, 1.165) is 4.90 Å².